The molecular formula is C25H27NO6. The molecule has 0 saturated heterocycles. The van der Waals surface area contributed by atoms with Gasteiger partial charge in [0, 0.05) is 35.6 Å². The van der Waals surface area contributed by atoms with Crippen LogP contribution in [0.4, 0.5) is 0 Å². The van der Waals surface area contributed by atoms with Gasteiger partial charge in [0.05, 0.1) is 28.4 Å². The summed E-state index contributed by atoms with van der Waals surface area (Å²) in [5, 5.41) is 2.96. The third kappa shape index (κ3) is 3.90. The van der Waals surface area contributed by atoms with Gasteiger partial charge in [-0.3, -0.25) is 9.59 Å². The predicted molar refractivity (Wildman–Crippen MR) is 119 cm³/mol. The van der Waals surface area contributed by atoms with E-state index in [4.69, 9.17) is 18.9 Å². The molecule has 2 atom stereocenters. The van der Waals surface area contributed by atoms with Gasteiger partial charge in [-0.2, -0.15) is 0 Å². The Morgan fingerprint density at radius 3 is 2.19 bits per heavy atom. The van der Waals surface area contributed by atoms with E-state index >= 15 is 0 Å². The standard InChI is InChI=1S/C25H27NO6/c1-29-16-6-8-21(30-2)17(12-16)18-13-24(28)26-19-9-15(10-20(27)25(18)19)14-5-7-22(31-3)23(11-14)32-4/h5-8,11-12,15,18H,9-10,13H2,1-4H3,(H,26,28)/t15-,18-/m1/s1. The molecule has 1 amide bonds. The minimum absolute atomic E-state index is 0.0286. The number of amides is 1. The van der Waals surface area contributed by atoms with Crippen molar-refractivity contribution in [3.63, 3.8) is 0 Å². The monoisotopic (exact) mass is 437 g/mol. The van der Waals surface area contributed by atoms with Gasteiger partial charge < -0.3 is 24.3 Å². The van der Waals surface area contributed by atoms with Crippen molar-refractivity contribution in [2.45, 2.75) is 31.1 Å². The van der Waals surface area contributed by atoms with Crippen molar-refractivity contribution >= 4 is 11.7 Å². The second kappa shape index (κ2) is 8.94. The number of hydrogen-bond donors (Lipinski definition) is 1. The van der Waals surface area contributed by atoms with Gasteiger partial charge >= 0.3 is 0 Å². The van der Waals surface area contributed by atoms with Crippen LogP contribution >= 0.6 is 0 Å². The Hall–Kier alpha value is -3.48. The molecule has 32 heavy (non-hydrogen) atoms. The number of rotatable bonds is 6. The van der Waals surface area contributed by atoms with Gasteiger partial charge in [0.25, 0.3) is 0 Å². The first kappa shape index (κ1) is 21.7. The summed E-state index contributed by atoms with van der Waals surface area (Å²) in [6, 6.07) is 11.1. The van der Waals surface area contributed by atoms with Gasteiger partial charge in [-0.05, 0) is 48.2 Å². The molecule has 0 aromatic heterocycles. The summed E-state index contributed by atoms with van der Waals surface area (Å²) in [6.07, 6.45) is 1.10. The molecular weight excluding hydrogens is 410 g/mol. The van der Waals surface area contributed by atoms with E-state index in [1.54, 1.807) is 40.6 Å². The zero-order chi connectivity index (χ0) is 22.8. The summed E-state index contributed by atoms with van der Waals surface area (Å²) in [6.45, 7) is 0. The molecule has 0 bridgehead atoms. The van der Waals surface area contributed by atoms with E-state index in [1.165, 1.54) is 0 Å². The highest BCUT2D eigenvalue weighted by Crippen LogP contribution is 2.46. The number of carbonyl (C=O) groups excluding carboxylic acids is 2. The van der Waals surface area contributed by atoms with Gasteiger partial charge in [-0.15, -0.1) is 0 Å². The number of carbonyl (C=O) groups is 2. The molecule has 1 aliphatic heterocycles. The van der Waals surface area contributed by atoms with Crippen LogP contribution in [0.15, 0.2) is 47.7 Å². The largest absolute Gasteiger partial charge is 0.497 e. The zero-order valence-electron chi connectivity index (χ0n) is 18.7. The highest BCUT2D eigenvalue weighted by Gasteiger charge is 2.39. The summed E-state index contributed by atoms with van der Waals surface area (Å²) in [5.41, 5.74) is 3.10. The highest BCUT2D eigenvalue weighted by atomic mass is 16.5. The maximum atomic E-state index is 13.4. The van der Waals surface area contributed by atoms with Crippen molar-refractivity contribution in [2.24, 2.45) is 0 Å². The molecule has 0 saturated carbocycles. The molecule has 7 nitrogen and oxygen atoms in total. The molecule has 7 heteroatoms. The Kier molecular flexibility index (Phi) is 6.08. The topological polar surface area (TPSA) is 83.1 Å². The third-order valence-electron chi connectivity index (χ3n) is 6.23. The van der Waals surface area contributed by atoms with Crippen LogP contribution in [0, 0.1) is 0 Å². The first-order valence-electron chi connectivity index (χ1n) is 10.5. The molecule has 2 aromatic rings. The molecule has 4 rings (SSSR count). The number of allylic oxidation sites excluding steroid dienone is 2. The Bertz CT molecular complexity index is 1090. The van der Waals surface area contributed by atoms with Crippen LogP contribution in [-0.4, -0.2) is 40.1 Å². The Morgan fingerprint density at radius 1 is 0.781 bits per heavy atom. The summed E-state index contributed by atoms with van der Waals surface area (Å²) in [4.78, 5) is 26.0. The van der Waals surface area contributed by atoms with Crippen LogP contribution in [0.3, 0.4) is 0 Å². The molecule has 2 aliphatic rings. The summed E-state index contributed by atoms with van der Waals surface area (Å²) < 4.78 is 21.7. The SMILES string of the molecule is COc1ccc(OC)c([C@H]2CC(=O)NC3=C2C(=O)C[C@H](c2ccc(OC)c(OC)c2)C3)c1. The van der Waals surface area contributed by atoms with Crippen LogP contribution < -0.4 is 24.3 Å². The quantitative estimate of drug-likeness (QED) is 0.742. The number of methoxy groups -OCH3 is 4. The third-order valence-corrected chi connectivity index (χ3v) is 6.23. The van der Waals surface area contributed by atoms with Gasteiger partial charge in [-0.1, -0.05) is 6.07 Å². The van der Waals surface area contributed by atoms with Gasteiger partial charge in [0.2, 0.25) is 5.91 Å². The summed E-state index contributed by atoms with van der Waals surface area (Å²) in [5.74, 6) is 2.01. The first-order valence-corrected chi connectivity index (χ1v) is 10.5. The number of ketones is 1. The Balaban J connectivity index is 1.73. The average Bonchev–Trinajstić information content (AvgIpc) is 2.82. The van der Waals surface area contributed by atoms with Crippen molar-refractivity contribution in [1.82, 2.24) is 5.32 Å². The van der Waals surface area contributed by atoms with E-state index in [9.17, 15) is 9.59 Å². The lowest BCUT2D eigenvalue weighted by Crippen LogP contribution is -2.38. The smallest absolute Gasteiger partial charge is 0.225 e. The Morgan fingerprint density at radius 2 is 1.50 bits per heavy atom. The second-order valence-corrected chi connectivity index (χ2v) is 7.95. The van der Waals surface area contributed by atoms with Crippen molar-refractivity contribution in [2.75, 3.05) is 28.4 Å². The van der Waals surface area contributed by atoms with Crippen molar-refractivity contribution in [1.29, 1.82) is 0 Å². The fraction of sp³-hybridized carbons (Fsp3) is 0.360. The van der Waals surface area contributed by atoms with E-state index in [0.717, 1.165) is 11.1 Å². The zero-order valence-corrected chi connectivity index (χ0v) is 18.7. The number of hydrogen-bond acceptors (Lipinski definition) is 6. The van der Waals surface area contributed by atoms with Crippen molar-refractivity contribution in [3.8, 4) is 23.0 Å². The van der Waals surface area contributed by atoms with Crippen LogP contribution in [-0.2, 0) is 9.59 Å². The fourth-order valence-corrected chi connectivity index (χ4v) is 4.68. The number of Topliss-reactive ketones (excluding diaryl/α,β-unsaturated/α-hetero) is 1. The van der Waals surface area contributed by atoms with Gasteiger partial charge in [-0.25, -0.2) is 0 Å². The average molecular weight is 437 g/mol. The lowest BCUT2D eigenvalue weighted by molar-refractivity contribution is -0.122. The first-order chi connectivity index (χ1) is 15.5. The summed E-state index contributed by atoms with van der Waals surface area (Å²) >= 11 is 0. The Labute approximate surface area is 187 Å². The van der Waals surface area contributed by atoms with E-state index in [2.05, 4.69) is 5.32 Å². The number of ether oxygens (including phenoxy) is 4. The van der Waals surface area contributed by atoms with Crippen LogP contribution in [0.2, 0.25) is 0 Å². The van der Waals surface area contributed by atoms with Gasteiger partial charge in [0.1, 0.15) is 11.5 Å². The molecule has 1 heterocycles. The fourth-order valence-electron chi connectivity index (χ4n) is 4.68. The normalized spacial score (nSPS) is 20.4. The van der Waals surface area contributed by atoms with Crippen molar-refractivity contribution < 1.29 is 28.5 Å². The summed E-state index contributed by atoms with van der Waals surface area (Å²) in [7, 11) is 6.34. The minimum Gasteiger partial charge on any atom is -0.497 e. The van der Waals surface area contributed by atoms with E-state index in [-0.39, 0.29) is 29.9 Å². The molecule has 0 spiro atoms. The van der Waals surface area contributed by atoms with E-state index < -0.39 is 0 Å². The molecule has 0 radical (unpaired) electrons. The van der Waals surface area contributed by atoms with E-state index in [0.29, 0.717) is 47.1 Å². The second-order valence-electron chi connectivity index (χ2n) is 7.95. The van der Waals surface area contributed by atoms with Crippen LogP contribution in [0.5, 0.6) is 23.0 Å². The maximum Gasteiger partial charge on any atom is 0.225 e. The predicted octanol–water partition coefficient (Wildman–Crippen LogP) is 3.73. The highest BCUT2D eigenvalue weighted by molar-refractivity contribution is 6.02. The molecule has 1 aliphatic carbocycles. The molecule has 168 valence electrons. The van der Waals surface area contributed by atoms with Crippen molar-refractivity contribution in [3.05, 3.63) is 58.8 Å². The maximum absolute atomic E-state index is 13.4. The molecule has 2 aromatic carbocycles. The van der Waals surface area contributed by atoms with Crippen LogP contribution in [0.25, 0.3) is 0 Å². The lowest BCUT2D eigenvalue weighted by Gasteiger charge is -2.35. The minimum atomic E-state index is -0.373. The van der Waals surface area contributed by atoms with Gasteiger partial charge in [0.15, 0.2) is 17.3 Å². The lowest BCUT2D eigenvalue weighted by atomic mass is 9.73. The molecule has 0 fully saturated rings. The molecule has 0 unspecified atom stereocenters. The number of nitrogens with one attached hydrogen (secondary N) is 1. The van der Waals surface area contributed by atoms with E-state index in [1.807, 2.05) is 24.3 Å². The molecule has 1 N–H and O–H groups in total. The van der Waals surface area contributed by atoms with Crippen LogP contribution in [0.1, 0.15) is 42.2 Å². The number of benzene rings is 2.